The van der Waals surface area contributed by atoms with Gasteiger partial charge in [-0.2, -0.15) is 5.26 Å². The van der Waals surface area contributed by atoms with Gasteiger partial charge in [-0.25, -0.2) is 0 Å². The first-order valence-corrected chi connectivity index (χ1v) is 3.49. The van der Waals surface area contributed by atoms with Crippen LogP contribution in [0.15, 0.2) is 0 Å². The van der Waals surface area contributed by atoms with Crippen LogP contribution in [0.5, 0.6) is 0 Å². The van der Waals surface area contributed by atoms with E-state index in [1.807, 2.05) is 0 Å². The summed E-state index contributed by atoms with van der Waals surface area (Å²) >= 11 is 0. The molecule has 0 spiro atoms. The van der Waals surface area contributed by atoms with E-state index in [4.69, 9.17) is 5.26 Å². The molecule has 0 unspecified atom stereocenters. The Kier molecular flexibility index (Phi) is 5.00. The summed E-state index contributed by atoms with van der Waals surface area (Å²) in [5.74, 6) is 0. The lowest BCUT2D eigenvalue weighted by atomic mass is 10.4. The average molecular weight is 126 g/mol. The van der Waals surface area contributed by atoms with Crippen LogP contribution in [0, 0.1) is 11.5 Å². The van der Waals surface area contributed by atoms with E-state index < -0.39 is 0 Å². The minimum Gasteiger partial charge on any atom is -0.311 e. The van der Waals surface area contributed by atoms with E-state index in [1.54, 1.807) is 4.90 Å². The second kappa shape index (κ2) is 5.43. The van der Waals surface area contributed by atoms with Crippen LogP contribution >= 0.6 is 0 Å². The normalized spacial score (nSPS) is 8.56. The monoisotopic (exact) mass is 126 g/mol. The van der Waals surface area contributed by atoms with Crippen LogP contribution < -0.4 is 0 Å². The van der Waals surface area contributed by atoms with Gasteiger partial charge in [0.1, 0.15) is 0 Å². The zero-order chi connectivity index (χ0) is 7.11. The maximum absolute atomic E-state index is 8.46. The molecule has 0 aliphatic heterocycles. The maximum Gasteiger partial charge on any atom is 0.179 e. The molecule has 0 amide bonds. The molecule has 0 saturated carbocycles. The van der Waals surface area contributed by atoms with Gasteiger partial charge >= 0.3 is 0 Å². The Morgan fingerprint density at radius 2 is 1.67 bits per heavy atom. The summed E-state index contributed by atoms with van der Waals surface area (Å²) in [4.78, 5) is 1.79. The van der Waals surface area contributed by atoms with Gasteiger partial charge in [-0.3, -0.25) is 0 Å². The Hall–Kier alpha value is -0.710. The van der Waals surface area contributed by atoms with Crippen molar-refractivity contribution in [1.82, 2.24) is 4.90 Å². The molecule has 0 saturated heterocycles. The van der Waals surface area contributed by atoms with Gasteiger partial charge in [0, 0.05) is 13.1 Å². The lowest BCUT2D eigenvalue weighted by Gasteiger charge is -2.11. The van der Waals surface area contributed by atoms with Crippen molar-refractivity contribution in [3.05, 3.63) is 0 Å². The minimum atomic E-state index is 0.907. The van der Waals surface area contributed by atoms with Gasteiger partial charge in [0.2, 0.25) is 0 Å². The standard InChI is InChI=1S/C7H14N2/c1-3-5-9(7-8)6-4-2/h3-6H2,1-2H3. The topological polar surface area (TPSA) is 27.0 Å². The molecule has 2 nitrogen and oxygen atoms in total. The average Bonchev–Trinajstić information content (AvgIpc) is 1.88. The molecular weight excluding hydrogens is 112 g/mol. The van der Waals surface area contributed by atoms with Gasteiger partial charge in [0.05, 0.1) is 0 Å². The molecule has 0 aliphatic rings. The predicted molar refractivity (Wildman–Crippen MR) is 37.8 cm³/mol. The molecule has 0 rings (SSSR count). The van der Waals surface area contributed by atoms with Crippen LogP contribution in [0.25, 0.3) is 0 Å². The molecule has 52 valence electrons. The van der Waals surface area contributed by atoms with Crippen molar-refractivity contribution in [2.24, 2.45) is 0 Å². The summed E-state index contributed by atoms with van der Waals surface area (Å²) < 4.78 is 0. The van der Waals surface area contributed by atoms with Crippen LogP contribution in [-0.2, 0) is 0 Å². The SMILES string of the molecule is CCCN(C#N)CCC. The van der Waals surface area contributed by atoms with Gasteiger partial charge in [-0.1, -0.05) is 13.8 Å². The third kappa shape index (κ3) is 3.84. The van der Waals surface area contributed by atoms with Crippen LogP contribution in [0.2, 0.25) is 0 Å². The Morgan fingerprint density at radius 1 is 1.22 bits per heavy atom. The van der Waals surface area contributed by atoms with Gasteiger partial charge in [-0.05, 0) is 12.8 Å². The van der Waals surface area contributed by atoms with E-state index in [9.17, 15) is 0 Å². The van der Waals surface area contributed by atoms with E-state index in [1.165, 1.54) is 0 Å². The van der Waals surface area contributed by atoms with E-state index in [-0.39, 0.29) is 0 Å². The summed E-state index contributed by atoms with van der Waals surface area (Å²) in [5.41, 5.74) is 0. The summed E-state index contributed by atoms with van der Waals surface area (Å²) in [5, 5.41) is 8.46. The molecule has 9 heavy (non-hydrogen) atoms. The molecule has 0 heterocycles. The summed E-state index contributed by atoms with van der Waals surface area (Å²) in [7, 11) is 0. The molecular formula is C7H14N2. The number of rotatable bonds is 4. The largest absolute Gasteiger partial charge is 0.311 e. The van der Waals surface area contributed by atoms with Crippen LogP contribution in [0.3, 0.4) is 0 Å². The highest BCUT2D eigenvalue weighted by Crippen LogP contribution is 1.89. The fourth-order valence-electron chi connectivity index (χ4n) is 0.752. The first-order valence-electron chi connectivity index (χ1n) is 3.49. The fourth-order valence-corrected chi connectivity index (χ4v) is 0.752. The number of hydrogen-bond acceptors (Lipinski definition) is 2. The first-order chi connectivity index (χ1) is 4.35. The highest BCUT2D eigenvalue weighted by molar-refractivity contribution is 4.71. The number of hydrogen-bond donors (Lipinski definition) is 0. The van der Waals surface area contributed by atoms with Crippen molar-refractivity contribution in [3.8, 4) is 6.19 Å². The van der Waals surface area contributed by atoms with E-state index in [0.29, 0.717) is 0 Å². The van der Waals surface area contributed by atoms with Crippen molar-refractivity contribution < 1.29 is 0 Å². The molecule has 0 radical (unpaired) electrons. The van der Waals surface area contributed by atoms with E-state index in [2.05, 4.69) is 20.0 Å². The fraction of sp³-hybridized carbons (Fsp3) is 0.857. The highest BCUT2D eigenvalue weighted by atomic mass is 15.1. The quantitative estimate of drug-likeness (QED) is 0.422. The maximum atomic E-state index is 8.46. The third-order valence-corrected chi connectivity index (χ3v) is 1.13. The summed E-state index contributed by atoms with van der Waals surface area (Å²) in [6, 6.07) is 0. The highest BCUT2D eigenvalue weighted by Gasteiger charge is 1.94. The van der Waals surface area contributed by atoms with Crippen molar-refractivity contribution in [2.45, 2.75) is 26.7 Å². The third-order valence-electron chi connectivity index (χ3n) is 1.13. The summed E-state index contributed by atoms with van der Waals surface area (Å²) in [6.45, 7) is 5.98. The molecule has 2 heteroatoms. The Bertz CT molecular complexity index is 87.6. The van der Waals surface area contributed by atoms with Crippen molar-refractivity contribution >= 4 is 0 Å². The molecule has 0 aromatic carbocycles. The zero-order valence-electron chi connectivity index (χ0n) is 6.22. The predicted octanol–water partition coefficient (Wildman–Crippen LogP) is 1.59. The first kappa shape index (κ1) is 8.29. The second-order valence-corrected chi connectivity index (χ2v) is 2.09. The van der Waals surface area contributed by atoms with E-state index in [0.717, 1.165) is 25.9 Å². The molecule has 0 N–H and O–H groups in total. The molecule has 0 aromatic heterocycles. The van der Waals surface area contributed by atoms with Crippen LogP contribution in [0.4, 0.5) is 0 Å². The molecule has 0 atom stereocenters. The van der Waals surface area contributed by atoms with Gasteiger partial charge in [-0.15, -0.1) is 0 Å². The van der Waals surface area contributed by atoms with Crippen molar-refractivity contribution in [2.75, 3.05) is 13.1 Å². The Morgan fingerprint density at radius 3 is 1.89 bits per heavy atom. The smallest absolute Gasteiger partial charge is 0.179 e. The van der Waals surface area contributed by atoms with Crippen LogP contribution in [0.1, 0.15) is 26.7 Å². The molecule has 0 fully saturated rings. The molecule has 0 bridgehead atoms. The molecule has 0 aromatic rings. The van der Waals surface area contributed by atoms with Crippen molar-refractivity contribution in [1.29, 1.82) is 5.26 Å². The Balaban J connectivity index is 3.32. The second-order valence-electron chi connectivity index (χ2n) is 2.09. The van der Waals surface area contributed by atoms with Gasteiger partial charge in [0.25, 0.3) is 0 Å². The lowest BCUT2D eigenvalue weighted by Crippen LogP contribution is -2.18. The van der Waals surface area contributed by atoms with Crippen LogP contribution in [-0.4, -0.2) is 18.0 Å². The van der Waals surface area contributed by atoms with Crippen molar-refractivity contribution in [3.63, 3.8) is 0 Å². The number of nitriles is 1. The number of nitrogens with zero attached hydrogens (tertiary/aromatic N) is 2. The minimum absolute atomic E-state index is 0.907. The molecule has 0 aliphatic carbocycles. The summed E-state index contributed by atoms with van der Waals surface area (Å²) in [6.07, 6.45) is 4.26. The van der Waals surface area contributed by atoms with Gasteiger partial charge in [0.15, 0.2) is 6.19 Å². The van der Waals surface area contributed by atoms with E-state index >= 15 is 0 Å². The lowest BCUT2D eigenvalue weighted by molar-refractivity contribution is 0.391. The van der Waals surface area contributed by atoms with Gasteiger partial charge < -0.3 is 4.90 Å². The Labute approximate surface area is 57.1 Å². The zero-order valence-corrected chi connectivity index (χ0v) is 6.22.